The summed E-state index contributed by atoms with van der Waals surface area (Å²) in [6.07, 6.45) is 3.11. The van der Waals surface area contributed by atoms with Crippen LogP contribution >= 0.6 is 11.3 Å². The van der Waals surface area contributed by atoms with Gasteiger partial charge in [0, 0.05) is 25.0 Å². The molecule has 0 saturated carbocycles. The Kier molecular flexibility index (Phi) is 5.40. The normalized spacial score (nSPS) is 19.4. The summed E-state index contributed by atoms with van der Waals surface area (Å²) in [5.41, 5.74) is 1.06. The molecular formula is C15H25N3OS. The molecule has 1 aliphatic heterocycles. The van der Waals surface area contributed by atoms with Crippen LogP contribution in [-0.2, 0) is 4.79 Å². The van der Waals surface area contributed by atoms with Gasteiger partial charge < -0.3 is 10.2 Å². The maximum atomic E-state index is 12.2. The van der Waals surface area contributed by atoms with Crippen molar-refractivity contribution < 1.29 is 4.79 Å². The highest BCUT2D eigenvalue weighted by Crippen LogP contribution is 2.26. The van der Waals surface area contributed by atoms with Crippen LogP contribution in [0.3, 0.4) is 0 Å². The molecule has 2 heterocycles. The number of aromatic nitrogens is 1. The third-order valence-electron chi connectivity index (χ3n) is 3.69. The number of piperidine rings is 1. The van der Waals surface area contributed by atoms with Crippen molar-refractivity contribution in [3.63, 3.8) is 0 Å². The summed E-state index contributed by atoms with van der Waals surface area (Å²) in [7, 11) is 0. The molecule has 1 aromatic rings. The summed E-state index contributed by atoms with van der Waals surface area (Å²) in [5.74, 6) is 0.959. The molecule has 4 nitrogen and oxygen atoms in total. The zero-order chi connectivity index (χ0) is 14.5. The van der Waals surface area contributed by atoms with E-state index in [1.165, 1.54) is 0 Å². The quantitative estimate of drug-likeness (QED) is 0.908. The van der Waals surface area contributed by atoms with Crippen LogP contribution in [0.1, 0.15) is 38.8 Å². The smallest absolute Gasteiger partial charge is 0.224 e. The highest BCUT2D eigenvalue weighted by Gasteiger charge is 2.26. The molecule has 0 aliphatic carbocycles. The molecule has 2 rings (SSSR count). The fourth-order valence-corrected chi connectivity index (χ4v) is 3.32. The molecule has 0 spiro atoms. The van der Waals surface area contributed by atoms with Gasteiger partial charge >= 0.3 is 0 Å². The van der Waals surface area contributed by atoms with Crippen molar-refractivity contribution in [2.45, 2.75) is 40.0 Å². The number of anilines is 1. The lowest BCUT2D eigenvalue weighted by molar-refractivity contribution is -0.125. The minimum Gasteiger partial charge on any atom is -0.356 e. The van der Waals surface area contributed by atoms with Crippen molar-refractivity contribution in [3.05, 3.63) is 11.1 Å². The minimum absolute atomic E-state index is 0.111. The van der Waals surface area contributed by atoms with Crippen LogP contribution < -0.4 is 10.2 Å². The zero-order valence-electron chi connectivity index (χ0n) is 12.7. The highest BCUT2D eigenvalue weighted by atomic mass is 32.1. The Hall–Kier alpha value is -1.10. The summed E-state index contributed by atoms with van der Waals surface area (Å²) in [6, 6.07) is 0. The van der Waals surface area contributed by atoms with Crippen molar-refractivity contribution >= 4 is 22.4 Å². The molecule has 1 amide bonds. The number of carbonyl (C=O) groups excluding carboxylic acids is 1. The SMILES string of the molecule is Cc1csc(N2CCC[C@@H](C(=O)NCCC(C)C)C2)n1. The van der Waals surface area contributed by atoms with Gasteiger partial charge in [0.2, 0.25) is 5.91 Å². The Morgan fingerprint density at radius 3 is 3.05 bits per heavy atom. The average molecular weight is 295 g/mol. The first-order valence-corrected chi connectivity index (χ1v) is 8.39. The van der Waals surface area contributed by atoms with Gasteiger partial charge in [0.15, 0.2) is 5.13 Å². The number of carbonyl (C=O) groups is 1. The Morgan fingerprint density at radius 2 is 2.40 bits per heavy atom. The van der Waals surface area contributed by atoms with E-state index in [1.807, 2.05) is 6.92 Å². The second kappa shape index (κ2) is 7.07. The molecule has 5 heteroatoms. The molecule has 1 atom stereocenters. The van der Waals surface area contributed by atoms with Crippen LogP contribution in [0.5, 0.6) is 0 Å². The first kappa shape index (κ1) is 15.3. The molecular weight excluding hydrogens is 270 g/mol. The third-order valence-corrected chi connectivity index (χ3v) is 4.71. The fraction of sp³-hybridized carbons (Fsp3) is 0.733. The first-order valence-electron chi connectivity index (χ1n) is 7.51. The lowest BCUT2D eigenvalue weighted by Crippen LogP contribution is -2.43. The summed E-state index contributed by atoms with van der Waals surface area (Å²) in [5, 5.41) is 6.21. The lowest BCUT2D eigenvalue weighted by Gasteiger charge is -2.31. The Labute approximate surface area is 125 Å². The van der Waals surface area contributed by atoms with E-state index in [9.17, 15) is 4.79 Å². The topological polar surface area (TPSA) is 45.2 Å². The van der Waals surface area contributed by atoms with E-state index in [2.05, 4.69) is 34.4 Å². The monoisotopic (exact) mass is 295 g/mol. The number of hydrogen-bond donors (Lipinski definition) is 1. The standard InChI is InChI=1S/C15H25N3OS/c1-11(2)6-7-16-14(19)13-5-4-8-18(9-13)15-17-12(3)10-20-15/h10-11,13H,4-9H2,1-3H3,(H,16,19)/t13-/m1/s1. The van der Waals surface area contributed by atoms with E-state index in [-0.39, 0.29) is 11.8 Å². The maximum absolute atomic E-state index is 12.2. The van der Waals surface area contributed by atoms with Crippen LogP contribution in [0, 0.1) is 18.8 Å². The van der Waals surface area contributed by atoms with E-state index < -0.39 is 0 Å². The lowest BCUT2D eigenvalue weighted by atomic mass is 9.97. The van der Waals surface area contributed by atoms with E-state index in [1.54, 1.807) is 11.3 Å². The van der Waals surface area contributed by atoms with Gasteiger partial charge in [-0.05, 0) is 32.1 Å². The molecule has 0 unspecified atom stereocenters. The number of nitrogens with one attached hydrogen (secondary N) is 1. The zero-order valence-corrected chi connectivity index (χ0v) is 13.5. The Balaban J connectivity index is 1.85. The number of nitrogens with zero attached hydrogens (tertiary/aromatic N) is 2. The molecule has 0 bridgehead atoms. The fourth-order valence-electron chi connectivity index (χ4n) is 2.48. The van der Waals surface area contributed by atoms with Gasteiger partial charge in [-0.25, -0.2) is 4.98 Å². The number of amides is 1. The first-order chi connectivity index (χ1) is 9.56. The predicted octanol–water partition coefficient (Wildman–Crippen LogP) is 2.83. The number of hydrogen-bond acceptors (Lipinski definition) is 4. The molecule has 1 aromatic heterocycles. The third kappa shape index (κ3) is 4.20. The second-order valence-electron chi connectivity index (χ2n) is 6.03. The molecule has 0 aromatic carbocycles. The Bertz CT molecular complexity index is 444. The largest absolute Gasteiger partial charge is 0.356 e. The molecule has 0 radical (unpaired) electrons. The second-order valence-corrected chi connectivity index (χ2v) is 6.87. The van der Waals surface area contributed by atoms with Gasteiger partial charge in [0.25, 0.3) is 0 Å². The van der Waals surface area contributed by atoms with Gasteiger partial charge in [-0.1, -0.05) is 13.8 Å². The van der Waals surface area contributed by atoms with Crippen molar-refractivity contribution in [3.8, 4) is 0 Å². The van der Waals surface area contributed by atoms with Gasteiger partial charge in [-0.2, -0.15) is 0 Å². The van der Waals surface area contributed by atoms with Crippen LogP contribution in [0.25, 0.3) is 0 Å². The highest BCUT2D eigenvalue weighted by molar-refractivity contribution is 7.13. The number of aryl methyl sites for hydroxylation is 1. The van der Waals surface area contributed by atoms with Crippen LogP contribution in [0.15, 0.2) is 5.38 Å². The number of rotatable bonds is 5. The van der Waals surface area contributed by atoms with Crippen LogP contribution in [0.2, 0.25) is 0 Å². The van der Waals surface area contributed by atoms with Crippen LogP contribution in [-0.4, -0.2) is 30.5 Å². The molecule has 112 valence electrons. The predicted molar refractivity (Wildman–Crippen MR) is 84.3 cm³/mol. The average Bonchev–Trinajstić information content (AvgIpc) is 2.85. The van der Waals surface area contributed by atoms with Crippen LogP contribution in [0.4, 0.5) is 5.13 Å². The summed E-state index contributed by atoms with van der Waals surface area (Å²) >= 11 is 1.67. The molecule has 1 aliphatic rings. The van der Waals surface area contributed by atoms with E-state index in [0.29, 0.717) is 5.92 Å². The molecule has 1 fully saturated rings. The molecule has 1 N–H and O–H groups in total. The Morgan fingerprint density at radius 1 is 1.60 bits per heavy atom. The van der Waals surface area contributed by atoms with Crippen molar-refractivity contribution in [1.29, 1.82) is 0 Å². The van der Waals surface area contributed by atoms with E-state index in [0.717, 1.165) is 49.7 Å². The van der Waals surface area contributed by atoms with Crippen molar-refractivity contribution in [2.75, 3.05) is 24.5 Å². The van der Waals surface area contributed by atoms with E-state index >= 15 is 0 Å². The van der Waals surface area contributed by atoms with Gasteiger partial charge in [-0.15, -0.1) is 11.3 Å². The van der Waals surface area contributed by atoms with Gasteiger partial charge in [0.1, 0.15) is 0 Å². The number of thiazole rings is 1. The van der Waals surface area contributed by atoms with Crippen molar-refractivity contribution in [2.24, 2.45) is 11.8 Å². The maximum Gasteiger partial charge on any atom is 0.224 e. The van der Waals surface area contributed by atoms with Crippen molar-refractivity contribution in [1.82, 2.24) is 10.3 Å². The summed E-state index contributed by atoms with van der Waals surface area (Å²) < 4.78 is 0. The summed E-state index contributed by atoms with van der Waals surface area (Å²) in [4.78, 5) is 19.0. The van der Waals surface area contributed by atoms with Gasteiger partial charge in [0.05, 0.1) is 11.6 Å². The summed E-state index contributed by atoms with van der Waals surface area (Å²) in [6.45, 7) is 8.99. The minimum atomic E-state index is 0.111. The van der Waals surface area contributed by atoms with E-state index in [4.69, 9.17) is 0 Å². The van der Waals surface area contributed by atoms with Gasteiger partial charge in [-0.3, -0.25) is 4.79 Å². The molecule has 20 heavy (non-hydrogen) atoms. The molecule has 1 saturated heterocycles.